The van der Waals surface area contributed by atoms with Crippen LogP contribution >= 0.6 is 0 Å². The van der Waals surface area contributed by atoms with Crippen LogP contribution in [0.15, 0.2) is 18.2 Å². The van der Waals surface area contributed by atoms with E-state index in [1.165, 1.54) is 0 Å². The van der Waals surface area contributed by atoms with Crippen molar-refractivity contribution in [3.05, 3.63) is 23.8 Å². The molecule has 0 saturated heterocycles. The van der Waals surface area contributed by atoms with Crippen molar-refractivity contribution >= 4 is 0 Å². The summed E-state index contributed by atoms with van der Waals surface area (Å²) in [7, 11) is 3.28. The van der Waals surface area contributed by atoms with E-state index in [0.717, 1.165) is 29.9 Å². The largest absolute Gasteiger partial charge is 0.493 e. The number of nitrogens with two attached hydrogens (primary N) is 1. The smallest absolute Gasteiger partial charge is 0.161 e. The number of hydrogen-bond donors (Lipinski definition) is 2. The minimum atomic E-state index is 0.139. The van der Waals surface area contributed by atoms with Gasteiger partial charge in [0, 0.05) is 6.04 Å². The van der Waals surface area contributed by atoms with Crippen molar-refractivity contribution < 1.29 is 9.47 Å². The van der Waals surface area contributed by atoms with Gasteiger partial charge in [-0.1, -0.05) is 32.8 Å². The molecule has 4 heteroatoms. The number of nitrogens with one attached hydrogen (secondary N) is 1. The van der Waals surface area contributed by atoms with Crippen LogP contribution < -0.4 is 20.7 Å². The Hall–Kier alpha value is -1.26. The van der Waals surface area contributed by atoms with Crippen LogP contribution in [0.3, 0.4) is 0 Å². The number of methoxy groups -OCH3 is 2. The Labute approximate surface area is 109 Å². The molecule has 0 bridgehead atoms. The van der Waals surface area contributed by atoms with Gasteiger partial charge in [0.25, 0.3) is 0 Å². The highest BCUT2D eigenvalue weighted by atomic mass is 16.5. The van der Waals surface area contributed by atoms with Crippen LogP contribution in [0.4, 0.5) is 0 Å². The third-order valence-corrected chi connectivity index (χ3v) is 3.47. The van der Waals surface area contributed by atoms with Crippen LogP contribution in [0, 0.1) is 5.92 Å². The highest BCUT2D eigenvalue weighted by molar-refractivity contribution is 5.43. The molecule has 0 aliphatic rings. The lowest BCUT2D eigenvalue weighted by molar-refractivity contribution is 0.336. The predicted molar refractivity (Wildman–Crippen MR) is 73.7 cm³/mol. The van der Waals surface area contributed by atoms with E-state index in [0.29, 0.717) is 5.92 Å². The molecule has 3 N–H and O–H groups in total. The van der Waals surface area contributed by atoms with E-state index in [4.69, 9.17) is 15.3 Å². The predicted octanol–water partition coefficient (Wildman–Crippen LogP) is 2.64. The van der Waals surface area contributed by atoms with Gasteiger partial charge in [-0.15, -0.1) is 0 Å². The highest BCUT2D eigenvalue weighted by Gasteiger charge is 2.20. The number of hydrogen-bond acceptors (Lipinski definition) is 4. The fourth-order valence-electron chi connectivity index (χ4n) is 2.31. The molecule has 0 saturated carbocycles. The van der Waals surface area contributed by atoms with Gasteiger partial charge in [-0.2, -0.15) is 0 Å². The summed E-state index contributed by atoms with van der Waals surface area (Å²) in [6.45, 7) is 4.36. The third kappa shape index (κ3) is 3.15. The normalized spacial score (nSPS) is 12.6. The van der Waals surface area contributed by atoms with Gasteiger partial charge >= 0.3 is 0 Å². The van der Waals surface area contributed by atoms with E-state index >= 15 is 0 Å². The van der Waals surface area contributed by atoms with E-state index < -0.39 is 0 Å². The summed E-state index contributed by atoms with van der Waals surface area (Å²) in [6.07, 6.45) is 2.17. The van der Waals surface area contributed by atoms with E-state index in [1.807, 2.05) is 18.2 Å². The Bertz CT molecular complexity index is 365. The van der Waals surface area contributed by atoms with Crippen LogP contribution in [-0.4, -0.2) is 14.2 Å². The first kappa shape index (κ1) is 14.8. The summed E-state index contributed by atoms with van der Waals surface area (Å²) < 4.78 is 10.6. The van der Waals surface area contributed by atoms with Gasteiger partial charge in [0.05, 0.1) is 14.2 Å². The summed E-state index contributed by atoms with van der Waals surface area (Å²) >= 11 is 0. The summed E-state index contributed by atoms with van der Waals surface area (Å²) in [5.41, 5.74) is 4.04. The molecule has 102 valence electrons. The molecule has 1 aromatic carbocycles. The van der Waals surface area contributed by atoms with Crippen molar-refractivity contribution in [2.75, 3.05) is 14.2 Å². The van der Waals surface area contributed by atoms with Crippen LogP contribution in [-0.2, 0) is 0 Å². The Morgan fingerprint density at radius 2 is 1.72 bits per heavy atom. The summed E-state index contributed by atoms with van der Waals surface area (Å²) in [5.74, 6) is 7.68. The lowest BCUT2D eigenvalue weighted by Gasteiger charge is -2.25. The van der Waals surface area contributed by atoms with Crippen molar-refractivity contribution in [2.24, 2.45) is 11.8 Å². The highest BCUT2D eigenvalue weighted by Crippen LogP contribution is 2.33. The van der Waals surface area contributed by atoms with E-state index in [2.05, 4.69) is 19.3 Å². The molecule has 0 aliphatic heterocycles. The first-order valence-corrected chi connectivity index (χ1v) is 6.39. The zero-order valence-electron chi connectivity index (χ0n) is 11.7. The maximum atomic E-state index is 5.70. The molecule has 1 unspecified atom stereocenters. The van der Waals surface area contributed by atoms with Crippen molar-refractivity contribution in [3.63, 3.8) is 0 Å². The van der Waals surface area contributed by atoms with Gasteiger partial charge in [-0.25, -0.2) is 0 Å². The van der Waals surface area contributed by atoms with Gasteiger partial charge in [0.15, 0.2) is 11.5 Å². The van der Waals surface area contributed by atoms with Crippen LogP contribution in [0.5, 0.6) is 11.5 Å². The number of benzene rings is 1. The van der Waals surface area contributed by atoms with Gasteiger partial charge in [-0.05, 0) is 23.6 Å². The topological polar surface area (TPSA) is 56.5 Å². The summed E-state index contributed by atoms with van der Waals surface area (Å²) in [6, 6.07) is 6.08. The maximum Gasteiger partial charge on any atom is 0.161 e. The molecule has 0 amide bonds. The van der Waals surface area contributed by atoms with Crippen molar-refractivity contribution in [2.45, 2.75) is 32.7 Å². The molecule has 1 rings (SSSR count). The minimum absolute atomic E-state index is 0.139. The van der Waals surface area contributed by atoms with Crippen LogP contribution in [0.25, 0.3) is 0 Å². The number of rotatable bonds is 7. The molecule has 0 aliphatic carbocycles. The molecule has 18 heavy (non-hydrogen) atoms. The molecule has 1 atom stereocenters. The second kappa shape index (κ2) is 7.24. The first-order chi connectivity index (χ1) is 8.71. The third-order valence-electron chi connectivity index (χ3n) is 3.47. The lowest BCUT2D eigenvalue weighted by atomic mass is 9.89. The van der Waals surface area contributed by atoms with Gasteiger partial charge in [-0.3, -0.25) is 11.3 Å². The summed E-state index contributed by atoms with van der Waals surface area (Å²) in [4.78, 5) is 0. The molecule has 0 aromatic heterocycles. The van der Waals surface area contributed by atoms with E-state index in [1.54, 1.807) is 14.2 Å². The monoisotopic (exact) mass is 252 g/mol. The van der Waals surface area contributed by atoms with Gasteiger partial charge in [0.1, 0.15) is 0 Å². The second-order valence-electron chi connectivity index (χ2n) is 4.34. The lowest BCUT2D eigenvalue weighted by Crippen LogP contribution is -2.33. The molecule has 4 nitrogen and oxygen atoms in total. The minimum Gasteiger partial charge on any atom is -0.493 e. The van der Waals surface area contributed by atoms with Crippen LogP contribution in [0.2, 0.25) is 0 Å². The van der Waals surface area contributed by atoms with Gasteiger partial charge in [0.2, 0.25) is 0 Å². The molecular formula is C14H24N2O2. The zero-order valence-corrected chi connectivity index (χ0v) is 11.7. The summed E-state index contributed by atoms with van der Waals surface area (Å²) in [5, 5.41) is 0. The van der Waals surface area contributed by atoms with Crippen LogP contribution in [0.1, 0.15) is 38.3 Å². The second-order valence-corrected chi connectivity index (χ2v) is 4.34. The number of hydrazine groups is 1. The molecular weight excluding hydrogens is 228 g/mol. The first-order valence-electron chi connectivity index (χ1n) is 6.39. The van der Waals surface area contributed by atoms with E-state index in [-0.39, 0.29) is 6.04 Å². The standard InChI is InChI=1S/C14H24N2O2/c1-5-10(6-2)14(16-15)11-7-8-12(17-3)13(9-11)18-4/h7-10,14,16H,5-6,15H2,1-4H3. The van der Waals surface area contributed by atoms with Crippen molar-refractivity contribution in [1.82, 2.24) is 5.43 Å². The molecule has 0 radical (unpaired) electrons. The number of ether oxygens (including phenoxy) is 2. The average Bonchev–Trinajstić information content (AvgIpc) is 2.43. The Morgan fingerprint density at radius 3 is 2.17 bits per heavy atom. The quantitative estimate of drug-likeness (QED) is 0.578. The zero-order chi connectivity index (χ0) is 13.5. The fourth-order valence-corrected chi connectivity index (χ4v) is 2.31. The molecule has 0 fully saturated rings. The Balaban J connectivity index is 3.06. The van der Waals surface area contributed by atoms with Gasteiger partial charge < -0.3 is 9.47 Å². The Kier molecular flexibility index (Phi) is 5.95. The molecule has 0 spiro atoms. The van der Waals surface area contributed by atoms with E-state index in [9.17, 15) is 0 Å². The maximum absolute atomic E-state index is 5.70. The SMILES string of the molecule is CCC(CC)C(NN)c1ccc(OC)c(OC)c1. The molecule has 1 aromatic rings. The molecule has 0 heterocycles. The van der Waals surface area contributed by atoms with Crippen molar-refractivity contribution in [1.29, 1.82) is 0 Å². The fraction of sp³-hybridized carbons (Fsp3) is 0.571. The average molecular weight is 252 g/mol. The van der Waals surface area contributed by atoms with Crippen molar-refractivity contribution in [3.8, 4) is 11.5 Å². The Morgan fingerprint density at radius 1 is 1.11 bits per heavy atom.